The van der Waals surface area contributed by atoms with Crippen molar-refractivity contribution in [2.75, 3.05) is 38.9 Å². The van der Waals surface area contributed by atoms with Crippen molar-refractivity contribution in [2.24, 2.45) is 0 Å². The third-order valence-electron chi connectivity index (χ3n) is 4.41. The summed E-state index contributed by atoms with van der Waals surface area (Å²) in [4.78, 5) is 10.8. The molecule has 0 radical (unpaired) electrons. The van der Waals surface area contributed by atoms with Gasteiger partial charge >= 0.3 is 5.97 Å². The number of hydrogen-bond donors (Lipinski definition) is 2. The second-order valence-electron chi connectivity index (χ2n) is 6.85. The van der Waals surface area contributed by atoms with Crippen LogP contribution in [0.25, 0.3) is 6.08 Å². The zero-order valence-corrected chi connectivity index (χ0v) is 20.5. The van der Waals surface area contributed by atoms with Gasteiger partial charge in [-0.25, -0.2) is 16.8 Å². The molecule has 34 heavy (non-hydrogen) atoms. The summed E-state index contributed by atoms with van der Waals surface area (Å²) in [5, 5.41) is 9.74. The molecule has 0 amide bonds. The summed E-state index contributed by atoms with van der Waals surface area (Å²) in [7, 11) is -2.45. The second kappa shape index (κ2) is 11.1. The number of aliphatic carboxylic acids is 1. The van der Waals surface area contributed by atoms with Crippen molar-refractivity contribution in [3.05, 3.63) is 46.9 Å². The minimum Gasteiger partial charge on any atom is -0.496 e. The van der Waals surface area contributed by atoms with Crippen LogP contribution in [-0.2, 0) is 30.4 Å². The first-order valence-electron chi connectivity index (χ1n) is 9.53. The van der Waals surface area contributed by atoms with Crippen molar-refractivity contribution in [2.45, 2.75) is 5.75 Å². The highest BCUT2D eigenvalue weighted by atomic mass is 32.2. The van der Waals surface area contributed by atoms with E-state index < -0.39 is 37.3 Å². The lowest BCUT2D eigenvalue weighted by Gasteiger charge is -2.13. The lowest BCUT2D eigenvalue weighted by molar-refractivity contribution is -0.134. The monoisotopic (exact) mass is 515 g/mol. The quantitative estimate of drug-likeness (QED) is 0.429. The normalized spacial score (nSPS) is 11.8. The molecule has 0 bridgehead atoms. The molecule has 0 saturated carbocycles. The molecule has 186 valence electrons. The van der Waals surface area contributed by atoms with Crippen LogP contribution in [0.3, 0.4) is 0 Å². The Balaban J connectivity index is 2.35. The Labute approximate surface area is 197 Å². The number of benzene rings is 2. The second-order valence-corrected chi connectivity index (χ2v) is 10.5. The number of rotatable bonds is 12. The fourth-order valence-electron chi connectivity index (χ4n) is 2.94. The van der Waals surface area contributed by atoms with Gasteiger partial charge in [0.15, 0.2) is 15.6 Å². The van der Waals surface area contributed by atoms with Crippen LogP contribution < -0.4 is 23.7 Å². The Hall–Kier alpha value is -3.45. The Morgan fingerprint density at radius 3 is 2.00 bits per heavy atom. The van der Waals surface area contributed by atoms with E-state index in [9.17, 15) is 21.6 Å². The highest BCUT2D eigenvalue weighted by Gasteiger charge is 2.19. The van der Waals surface area contributed by atoms with Gasteiger partial charge in [0, 0.05) is 17.5 Å². The van der Waals surface area contributed by atoms with Gasteiger partial charge in [-0.1, -0.05) is 6.07 Å². The van der Waals surface area contributed by atoms with Gasteiger partial charge < -0.3 is 24.1 Å². The van der Waals surface area contributed by atoms with Crippen LogP contribution >= 0.6 is 0 Å². The lowest BCUT2D eigenvalue weighted by Crippen LogP contribution is -2.22. The van der Waals surface area contributed by atoms with Gasteiger partial charge in [0.1, 0.15) is 23.0 Å². The maximum atomic E-state index is 12.8. The van der Waals surface area contributed by atoms with Crippen LogP contribution in [0.4, 0.5) is 5.69 Å². The Bertz CT molecular complexity index is 1260. The van der Waals surface area contributed by atoms with Crippen molar-refractivity contribution in [3.63, 3.8) is 0 Å². The zero-order valence-electron chi connectivity index (χ0n) is 18.9. The maximum absolute atomic E-state index is 12.8. The van der Waals surface area contributed by atoms with E-state index >= 15 is 0 Å². The zero-order chi connectivity index (χ0) is 25.5. The average molecular weight is 516 g/mol. The average Bonchev–Trinajstić information content (AvgIpc) is 2.75. The number of carboxylic acid groups (broad SMARTS) is 1. The van der Waals surface area contributed by atoms with Gasteiger partial charge in [0.05, 0.1) is 45.4 Å². The SMILES string of the molecule is COc1cc(OC)c(/C=C/S(=O)(=O)Cc2ccc(OC)c(NS(=O)(=O)CC(=O)O)c2)c(OC)c1. The summed E-state index contributed by atoms with van der Waals surface area (Å²) in [6.07, 6.45) is 1.33. The van der Waals surface area contributed by atoms with E-state index in [-0.39, 0.29) is 17.0 Å². The van der Waals surface area contributed by atoms with E-state index in [2.05, 4.69) is 4.72 Å². The number of sulfonamides is 1. The number of carbonyl (C=O) groups is 1. The van der Waals surface area contributed by atoms with Gasteiger partial charge in [-0.2, -0.15) is 0 Å². The number of sulfone groups is 1. The van der Waals surface area contributed by atoms with E-state index in [1.165, 1.54) is 52.7 Å². The van der Waals surface area contributed by atoms with Crippen molar-refractivity contribution in [1.29, 1.82) is 0 Å². The van der Waals surface area contributed by atoms with Crippen LogP contribution in [0.2, 0.25) is 0 Å². The summed E-state index contributed by atoms with van der Waals surface area (Å²) >= 11 is 0. The molecule has 0 saturated heterocycles. The molecule has 2 rings (SSSR count). The fraction of sp³-hybridized carbons (Fsp3) is 0.286. The van der Waals surface area contributed by atoms with Gasteiger partial charge in [-0.15, -0.1) is 0 Å². The molecule has 13 heteroatoms. The molecule has 0 atom stereocenters. The Morgan fingerprint density at radius 1 is 0.912 bits per heavy atom. The molecule has 0 unspecified atom stereocenters. The van der Waals surface area contributed by atoms with Gasteiger partial charge in [0.2, 0.25) is 10.0 Å². The minimum atomic E-state index is -4.23. The molecular formula is C21H25NO10S2. The summed E-state index contributed by atoms with van der Waals surface area (Å²) in [5.74, 6) is -1.94. The molecule has 0 spiro atoms. The molecule has 0 aliphatic heterocycles. The van der Waals surface area contributed by atoms with Crippen molar-refractivity contribution in [3.8, 4) is 23.0 Å². The standard InChI is InChI=1S/C21H25NO10S2/c1-29-15-10-19(31-3)16(20(11-15)32-4)7-8-33(25,26)12-14-5-6-18(30-2)17(9-14)22-34(27,28)13-21(23)24/h5-11,22H,12-13H2,1-4H3,(H,23,24)/b8-7+. The van der Waals surface area contributed by atoms with Crippen LogP contribution in [0, 0.1) is 0 Å². The third-order valence-corrected chi connectivity index (χ3v) is 6.85. The molecule has 2 aromatic rings. The van der Waals surface area contributed by atoms with E-state index in [4.69, 9.17) is 24.1 Å². The first-order valence-corrected chi connectivity index (χ1v) is 12.9. The van der Waals surface area contributed by atoms with E-state index in [0.717, 1.165) is 5.41 Å². The Kier molecular flexibility index (Phi) is 8.76. The molecule has 0 aromatic heterocycles. The molecular weight excluding hydrogens is 490 g/mol. The molecule has 0 fully saturated rings. The highest BCUT2D eigenvalue weighted by molar-refractivity contribution is 7.93. The number of carboxylic acids is 1. The Morgan fingerprint density at radius 2 is 1.50 bits per heavy atom. The van der Waals surface area contributed by atoms with Crippen molar-refractivity contribution in [1.82, 2.24) is 0 Å². The molecule has 0 aliphatic rings. The summed E-state index contributed by atoms with van der Waals surface area (Å²) < 4.78 is 72.4. The molecule has 0 heterocycles. The fourth-order valence-corrected chi connectivity index (χ4v) is 4.92. The van der Waals surface area contributed by atoms with E-state index in [0.29, 0.717) is 22.8 Å². The largest absolute Gasteiger partial charge is 0.496 e. The van der Waals surface area contributed by atoms with Crippen LogP contribution in [0.5, 0.6) is 23.0 Å². The van der Waals surface area contributed by atoms with Crippen molar-refractivity contribution >= 4 is 37.6 Å². The van der Waals surface area contributed by atoms with E-state index in [1.54, 1.807) is 12.1 Å². The molecule has 2 aromatic carbocycles. The van der Waals surface area contributed by atoms with Gasteiger partial charge in [0.25, 0.3) is 0 Å². The predicted molar refractivity (Wildman–Crippen MR) is 126 cm³/mol. The van der Waals surface area contributed by atoms with E-state index in [1.807, 2.05) is 0 Å². The smallest absolute Gasteiger partial charge is 0.320 e. The first-order chi connectivity index (χ1) is 15.9. The van der Waals surface area contributed by atoms with Crippen molar-refractivity contribution < 1.29 is 45.7 Å². The summed E-state index contributed by atoms with van der Waals surface area (Å²) in [5.41, 5.74) is 0.539. The van der Waals surface area contributed by atoms with Crippen LogP contribution in [0.1, 0.15) is 11.1 Å². The maximum Gasteiger partial charge on any atom is 0.320 e. The molecule has 2 N–H and O–H groups in total. The predicted octanol–water partition coefficient (Wildman–Crippen LogP) is 2.13. The van der Waals surface area contributed by atoms with Crippen LogP contribution in [-0.4, -0.2) is 62.1 Å². The highest BCUT2D eigenvalue weighted by Crippen LogP contribution is 2.35. The molecule has 0 aliphatic carbocycles. The van der Waals surface area contributed by atoms with Gasteiger partial charge in [-0.05, 0) is 23.8 Å². The first kappa shape index (κ1) is 26.8. The lowest BCUT2D eigenvalue weighted by atomic mass is 10.1. The summed E-state index contributed by atoms with van der Waals surface area (Å²) in [6.45, 7) is 0. The van der Waals surface area contributed by atoms with Crippen LogP contribution in [0.15, 0.2) is 35.7 Å². The number of hydrogen-bond acceptors (Lipinski definition) is 9. The third kappa shape index (κ3) is 7.28. The number of nitrogens with one attached hydrogen (secondary N) is 1. The minimum absolute atomic E-state index is 0.0843. The van der Waals surface area contributed by atoms with Gasteiger partial charge in [-0.3, -0.25) is 9.52 Å². The summed E-state index contributed by atoms with van der Waals surface area (Å²) in [6, 6.07) is 7.25. The number of ether oxygens (including phenoxy) is 4. The number of anilines is 1. The molecule has 11 nitrogen and oxygen atoms in total. The number of methoxy groups -OCH3 is 4. The topological polar surface area (TPSA) is 155 Å².